The Balaban J connectivity index is 0.000000135. The summed E-state index contributed by atoms with van der Waals surface area (Å²) < 4.78 is 6.93. The zero-order chi connectivity index (χ0) is 74.2. The quantitative estimate of drug-likeness (QED) is 0.0776. The highest BCUT2D eigenvalue weighted by molar-refractivity contribution is 6.31. The van der Waals surface area contributed by atoms with Crippen LogP contribution >= 0.6 is 34.8 Å². The molecule has 8 aliphatic rings. The fourth-order valence-corrected chi connectivity index (χ4v) is 21.2. The minimum absolute atomic E-state index is 0.0423. The highest BCUT2D eigenvalue weighted by Gasteiger charge is 2.60. The van der Waals surface area contributed by atoms with Crippen molar-refractivity contribution in [3.05, 3.63) is 227 Å². The van der Waals surface area contributed by atoms with Crippen LogP contribution in [-0.4, -0.2) is 53.1 Å². The molecule has 2 bridgehead atoms. The molecule has 8 aliphatic carbocycles. The molecular weight excluding hydrogens is 1390 g/mol. The summed E-state index contributed by atoms with van der Waals surface area (Å²) in [6, 6.07) is 46.5. The summed E-state index contributed by atoms with van der Waals surface area (Å²) in [6.07, 6.45) is 38.2. The lowest BCUT2D eigenvalue weighted by Crippen LogP contribution is -2.52. The normalized spacial score (nSPS) is 23.6. The molecule has 16 rings (SSSR count). The van der Waals surface area contributed by atoms with Crippen LogP contribution in [0.1, 0.15) is 349 Å². The van der Waals surface area contributed by atoms with Gasteiger partial charge in [0.1, 0.15) is 0 Å². The Hall–Kier alpha value is -6.99. The average Bonchev–Trinajstić information content (AvgIpc) is 1.58. The Morgan fingerprint density at radius 1 is 0.421 bits per heavy atom. The third kappa shape index (κ3) is 17.8. The topological polar surface area (TPSA) is 141 Å². The van der Waals surface area contributed by atoms with Crippen LogP contribution in [0, 0.1) is 16.7 Å². The summed E-state index contributed by atoms with van der Waals surface area (Å²) in [5, 5.41) is 27.8. The Labute approximate surface area is 652 Å². The van der Waals surface area contributed by atoms with Gasteiger partial charge in [0.05, 0.1) is 30.2 Å². The Morgan fingerprint density at radius 2 is 0.794 bits per heavy atom. The fraction of sp³-hybridized carbons (Fsp3) is 0.543. The first-order valence-electron chi connectivity index (χ1n) is 41.6. The molecule has 5 aromatic carbocycles. The van der Waals surface area contributed by atoms with Crippen LogP contribution in [0.2, 0.25) is 15.1 Å². The maximum atomic E-state index is 14.1. The van der Waals surface area contributed by atoms with Gasteiger partial charge < -0.3 is 16.0 Å². The van der Waals surface area contributed by atoms with Crippen LogP contribution in [0.4, 0.5) is 0 Å². The predicted octanol–water partition coefficient (Wildman–Crippen LogP) is 23.2. The van der Waals surface area contributed by atoms with Crippen LogP contribution in [-0.2, 0) is 38.5 Å². The van der Waals surface area contributed by atoms with Crippen LogP contribution in [0.3, 0.4) is 0 Å². The molecule has 8 aromatic rings. The lowest BCUT2D eigenvalue weighted by Gasteiger charge is -2.43. The highest BCUT2D eigenvalue weighted by Crippen LogP contribution is 2.62. The molecule has 3 amide bonds. The third-order valence-corrected chi connectivity index (χ3v) is 27.1. The highest BCUT2D eigenvalue weighted by atomic mass is 35.5. The number of aromatic nitrogens is 6. The summed E-state index contributed by atoms with van der Waals surface area (Å²) in [4.78, 5) is 41.3. The molecule has 8 atom stereocenters. The van der Waals surface area contributed by atoms with Crippen molar-refractivity contribution >= 4 is 52.5 Å². The van der Waals surface area contributed by atoms with Gasteiger partial charge in [0.2, 0.25) is 0 Å². The first-order valence-corrected chi connectivity index (χ1v) is 42.7. The van der Waals surface area contributed by atoms with Gasteiger partial charge in [0.25, 0.3) is 17.7 Å². The van der Waals surface area contributed by atoms with E-state index in [0.29, 0.717) is 53.2 Å². The molecule has 5 fully saturated rings. The zero-order valence-corrected chi connectivity index (χ0v) is 66.6. The van der Waals surface area contributed by atoms with E-state index in [1.54, 1.807) is 0 Å². The number of rotatable bonds is 17. The molecule has 107 heavy (non-hydrogen) atoms. The number of carbonyl (C=O) groups is 3. The van der Waals surface area contributed by atoms with Crippen molar-refractivity contribution in [3.63, 3.8) is 0 Å². The monoisotopic (exact) mass is 1500 g/mol. The van der Waals surface area contributed by atoms with Gasteiger partial charge in [-0.1, -0.05) is 230 Å². The van der Waals surface area contributed by atoms with Gasteiger partial charge in [-0.25, -0.2) is 0 Å². The minimum atomic E-state index is -0.0603. The first-order chi connectivity index (χ1) is 52.0. The number of benzene rings is 5. The van der Waals surface area contributed by atoms with Gasteiger partial charge in [-0.3, -0.25) is 28.4 Å². The minimum Gasteiger partial charge on any atom is -0.347 e. The van der Waals surface area contributed by atoms with Crippen LogP contribution in [0.15, 0.2) is 133 Å². The number of fused-ring (bicyclic) bond motifs is 5. The van der Waals surface area contributed by atoms with Crippen LogP contribution in [0.25, 0.3) is 0 Å². The van der Waals surface area contributed by atoms with Crippen LogP contribution in [0.5, 0.6) is 0 Å². The molecule has 15 heteroatoms. The van der Waals surface area contributed by atoms with Crippen molar-refractivity contribution in [2.75, 3.05) is 0 Å². The number of nitrogens with zero attached hydrogens (tertiary/aromatic N) is 6. The van der Waals surface area contributed by atoms with E-state index in [1.807, 2.05) is 80.6 Å². The summed E-state index contributed by atoms with van der Waals surface area (Å²) in [6.45, 7) is 11.2. The SMILES string of the molecule is CC12CCC(C1)C(C)(C)[C@H]2NC(=O)c1nn(C2CCCCC2)c2c1CCCCC2Cc1cccc(Cl)c1.C[C@@H](NC(=O)c1nn(C2CCCCC2)c2c1CCCCC2Cc1ccc(Cl)cc1)c1ccccc1.C[C@H](NC(=O)c1nn(C2CCCCC2)c2c1CCCCC2Cc1ccc(Cl)cc1)c1ccccc1. The Bertz CT molecular complexity index is 4110. The largest absolute Gasteiger partial charge is 0.347 e. The number of halogens is 3. The van der Waals surface area contributed by atoms with Gasteiger partial charge in [0.15, 0.2) is 17.1 Å². The molecular formula is C92H116Cl3N9O3. The van der Waals surface area contributed by atoms with E-state index in [1.165, 1.54) is 160 Å². The molecule has 0 spiro atoms. The van der Waals surface area contributed by atoms with E-state index in [0.717, 1.165) is 135 Å². The smallest absolute Gasteiger partial charge is 0.272 e. The van der Waals surface area contributed by atoms with Gasteiger partial charge in [-0.15, -0.1) is 0 Å². The van der Waals surface area contributed by atoms with Crippen molar-refractivity contribution in [3.8, 4) is 0 Å². The molecule has 3 aromatic heterocycles. The van der Waals surface area contributed by atoms with Gasteiger partial charge in [0, 0.05) is 72.6 Å². The van der Waals surface area contributed by atoms with E-state index < -0.39 is 0 Å². The summed E-state index contributed by atoms with van der Waals surface area (Å²) >= 11 is 18.7. The average molecular weight is 1500 g/mol. The van der Waals surface area contributed by atoms with Crippen molar-refractivity contribution in [1.29, 1.82) is 0 Å². The summed E-state index contributed by atoms with van der Waals surface area (Å²) in [7, 11) is 0. The zero-order valence-electron chi connectivity index (χ0n) is 64.4. The third-order valence-electron chi connectivity index (χ3n) is 26.4. The van der Waals surface area contributed by atoms with E-state index in [4.69, 9.17) is 50.1 Å². The lowest BCUT2D eigenvalue weighted by molar-refractivity contribution is 0.0731. The molecule has 12 nitrogen and oxygen atoms in total. The maximum absolute atomic E-state index is 14.1. The second-order valence-corrected chi connectivity index (χ2v) is 35.5. The lowest BCUT2D eigenvalue weighted by atomic mass is 9.68. The number of carbonyl (C=O) groups excluding carboxylic acids is 3. The second kappa shape index (κ2) is 34.9. The van der Waals surface area contributed by atoms with Crippen LogP contribution < -0.4 is 16.0 Å². The van der Waals surface area contributed by atoms with E-state index in [2.05, 4.69) is 117 Å². The number of hydrogen-bond acceptors (Lipinski definition) is 6. The molecule has 0 saturated heterocycles. The van der Waals surface area contributed by atoms with Crippen molar-refractivity contribution < 1.29 is 14.4 Å². The van der Waals surface area contributed by atoms with Crippen molar-refractivity contribution in [2.45, 2.75) is 301 Å². The molecule has 5 unspecified atom stereocenters. The van der Waals surface area contributed by atoms with Gasteiger partial charge in [-0.2, -0.15) is 15.3 Å². The number of hydrogen-bond donors (Lipinski definition) is 3. The number of nitrogens with one attached hydrogen (secondary N) is 3. The molecule has 5 saturated carbocycles. The molecule has 568 valence electrons. The van der Waals surface area contributed by atoms with Gasteiger partial charge >= 0.3 is 0 Å². The number of amides is 3. The molecule has 3 heterocycles. The van der Waals surface area contributed by atoms with E-state index >= 15 is 0 Å². The van der Waals surface area contributed by atoms with E-state index in [-0.39, 0.29) is 46.7 Å². The first kappa shape index (κ1) is 76.8. The molecule has 0 radical (unpaired) electrons. The summed E-state index contributed by atoms with van der Waals surface area (Å²) in [5.74, 6) is 1.82. The second-order valence-electron chi connectivity index (χ2n) is 34.2. The maximum Gasteiger partial charge on any atom is 0.272 e. The Kier molecular flexibility index (Phi) is 25.1. The summed E-state index contributed by atoms with van der Waals surface area (Å²) in [5.41, 5.74) is 16.1. The standard InChI is InChI=1S/C32H44ClN3O.2C30H36ClN3O/c1-31(2)23-16-17-32(3,20-23)30(31)34-29(37)27-26-15-8-7-11-22(18-21-10-9-12-24(33)19-21)28(26)36(35-27)25-13-5-4-6-14-25;2*1-21(23-10-4-2-5-11-23)32-30(35)28-27-15-9-8-12-24(20-22-16-18-25(31)19-17-22)29(27)34(33-28)26-13-6-3-7-14-26/h9-10,12,19,22-23,25,30H,4-8,11,13-18,20H2,1-3H3,(H,34,37);2*2,4-5,10-11,16-19,21,24,26H,3,6-9,12-15,20H2,1H3,(H,32,35)/t22?,23?,30-,32?;2*21-,24?/m110/s1. The molecule has 0 aliphatic heterocycles. The van der Waals surface area contributed by atoms with Crippen molar-refractivity contribution in [1.82, 2.24) is 45.3 Å². The predicted molar refractivity (Wildman–Crippen MR) is 435 cm³/mol. The Morgan fingerprint density at radius 3 is 1.17 bits per heavy atom. The van der Waals surface area contributed by atoms with E-state index in [9.17, 15) is 14.4 Å². The molecule has 3 N–H and O–H groups in total. The van der Waals surface area contributed by atoms with Crippen molar-refractivity contribution in [2.24, 2.45) is 16.7 Å². The van der Waals surface area contributed by atoms with Gasteiger partial charge in [-0.05, 0) is 230 Å². The fourth-order valence-electron chi connectivity index (χ4n) is 20.7.